The molecule has 0 aliphatic carbocycles. The largest absolute Gasteiger partial charge is 0.444 e. The molecular formula is C12H19N3O2. The summed E-state index contributed by atoms with van der Waals surface area (Å²) in [6.45, 7) is 10.2. The summed E-state index contributed by atoms with van der Waals surface area (Å²) in [5.41, 5.74) is 0.453. The molecule has 94 valence electrons. The first kappa shape index (κ1) is 13.3. The molecule has 0 radical (unpaired) electrons. The maximum absolute atomic E-state index is 11.4. The molecule has 0 atom stereocenters. The van der Waals surface area contributed by atoms with Crippen molar-refractivity contribution in [2.75, 3.05) is 0 Å². The predicted molar refractivity (Wildman–Crippen MR) is 65.5 cm³/mol. The van der Waals surface area contributed by atoms with E-state index in [9.17, 15) is 4.79 Å². The Morgan fingerprint density at radius 3 is 2.94 bits per heavy atom. The zero-order valence-corrected chi connectivity index (χ0v) is 10.6. The molecule has 0 aromatic carbocycles. The number of alkyl carbamates (subject to hydrolysis) is 1. The third-order valence-electron chi connectivity index (χ3n) is 1.84. The smallest absolute Gasteiger partial charge is 0.407 e. The Morgan fingerprint density at radius 2 is 2.35 bits per heavy atom. The van der Waals surface area contributed by atoms with Crippen LogP contribution in [0.25, 0.3) is 0 Å². The number of allylic oxidation sites excluding steroid dienone is 1. The maximum Gasteiger partial charge on any atom is 0.407 e. The molecule has 1 heterocycles. The lowest BCUT2D eigenvalue weighted by Gasteiger charge is -2.19. The highest BCUT2D eigenvalue weighted by Crippen LogP contribution is 2.06. The van der Waals surface area contributed by atoms with Gasteiger partial charge in [-0.2, -0.15) is 5.10 Å². The molecule has 1 amide bonds. The van der Waals surface area contributed by atoms with Gasteiger partial charge in [0.25, 0.3) is 0 Å². The molecule has 1 aromatic rings. The van der Waals surface area contributed by atoms with Crippen LogP contribution in [0.1, 0.15) is 26.3 Å². The van der Waals surface area contributed by atoms with Crippen molar-refractivity contribution in [3.8, 4) is 0 Å². The molecular weight excluding hydrogens is 218 g/mol. The Morgan fingerprint density at radius 1 is 1.65 bits per heavy atom. The number of hydrogen-bond acceptors (Lipinski definition) is 3. The van der Waals surface area contributed by atoms with Gasteiger partial charge in [0.2, 0.25) is 0 Å². The van der Waals surface area contributed by atoms with Crippen LogP contribution >= 0.6 is 0 Å². The number of aromatic nitrogens is 2. The molecule has 0 spiro atoms. The fraction of sp³-hybridized carbons (Fsp3) is 0.500. The summed E-state index contributed by atoms with van der Waals surface area (Å²) in [7, 11) is 0. The van der Waals surface area contributed by atoms with E-state index in [4.69, 9.17) is 4.74 Å². The van der Waals surface area contributed by atoms with E-state index in [0.717, 1.165) is 5.56 Å². The summed E-state index contributed by atoms with van der Waals surface area (Å²) in [5.74, 6) is 0. The Labute approximate surface area is 101 Å². The fourth-order valence-electron chi connectivity index (χ4n) is 1.22. The van der Waals surface area contributed by atoms with E-state index in [2.05, 4.69) is 17.0 Å². The van der Waals surface area contributed by atoms with Gasteiger partial charge in [-0.3, -0.25) is 4.68 Å². The highest BCUT2D eigenvalue weighted by atomic mass is 16.6. The van der Waals surface area contributed by atoms with Gasteiger partial charge in [-0.1, -0.05) is 6.08 Å². The predicted octanol–water partition coefficient (Wildman–Crippen LogP) is 2.09. The van der Waals surface area contributed by atoms with E-state index in [0.29, 0.717) is 13.1 Å². The van der Waals surface area contributed by atoms with Crippen LogP contribution in [0.5, 0.6) is 0 Å². The summed E-state index contributed by atoms with van der Waals surface area (Å²) >= 11 is 0. The molecule has 0 saturated carbocycles. The molecule has 5 heteroatoms. The molecule has 0 aliphatic heterocycles. The lowest BCUT2D eigenvalue weighted by molar-refractivity contribution is 0.0523. The van der Waals surface area contributed by atoms with Crippen LogP contribution in [0.15, 0.2) is 25.0 Å². The van der Waals surface area contributed by atoms with Crippen molar-refractivity contribution in [1.82, 2.24) is 15.1 Å². The number of ether oxygens (including phenoxy) is 1. The van der Waals surface area contributed by atoms with E-state index < -0.39 is 11.7 Å². The van der Waals surface area contributed by atoms with Gasteiger partial charge in [0.1, 0.15) is 5.60 Å². The van der Waals surface area contributed by atoms with Crippen molar-refractivity contribution < 1.29 is 9.53 Å². The van der Waals surface area contributed by atoms with Crippen LogP contribution in [-0.4, -0.2) is 21.5 Å². The third-order valence-corrected chi connectivity index (χ3v) is 1.84. The topological polar surface area (TPSA) is 56.2 Å². The monoisotopic (exact) mass is 237 g/mol. The third kappa shape index (κ3) is 5.19. The zero-order valence-electron chi connectivity index (χ0n) is 10.6. The van der Waals surface area contributed by atoms with E-state index >= 15 is 0 Å². The molecule has 0 unspecified atom stereocenters. The number of hydrogen-bond donors (Lipinski definition) is 1. The van der Waals surface area contributed by atoms with Crippen molar-refractivity contribution in [2.45, 2.75) is 39.5 Å². The average Bonchev–Trinajstić information content (AvgIpc) is 2.61. The minimum Gasteiger partial charge on any atom is -0.444 e. The van der Waals surface area contributed by atoms with Gasteiger partial charge in [0.15, 0.2) is 0 Å². The Balaban J connectivity index is 2.39. The van der Waals surface area contributed by atoms with Crippen molar-refractivity contribution in [3.63, 3.8) is 0 Å². The zero-order chi connectivity index (χ0) is 12.9. The molecule has 0 saturated heterocycles. The SMILES string of the molecule is C=CCn1cc(CNC(=O)OC(C)(C)C)cn1. The first-order valence-electron chi connectivity index (χ1n) is 5.50. The van der Waals surface area contributed by atoms with Gasteiger partial charge in [-0.15, -0.1) is 6.58 Å². The first-order valence-corrected chi connectivity index (χ1v) is 5.50. The summed E-state index contributed by atoms with van der Waals surface area (Å²) in [6.07, 6.45) is 4.91. The normalized spacial score (nSPS) is 11.0. The highest BCUT2D eigenvalue weighted by Gasteiger charge is 2.15. The molecule has 17 heavy (non-hydrogen) atoms. The first-order chi connectivity index (χ1) is 7.90. The van der Waals surface area contributed by atoms with Crippen LogP contribution < -0.4 is 5.32 Å². The van der Waals surface area contributed by atoms with Crippen molar-refractivity contribution in [2.24, 2.45) is 0 Å². The molecule has 1 rings (SSSR count). The molecule has 0 aliphatic rings. The molecule has 1 aromatic heterocycles. The van der Waals surface area contributed by atoms with E-state index in [1.54, 1.807) is 17.0 Å². The number of carbonyl (C=O) groups excluding carboxylic acids is 1. The van der Waals surface area contributed by atoms with Gasteiger partial charge < -0.3 is 10.1 Å². The molecule has 5 nitrogen and oxygen atoms in total. The van der Waals surface area contributed by atoms with E-state index in [1.807, 2.05) is 27.0 Å². The number of amides is 1. The van der Waals surface area contributed by atoms with Gasteiger partial charge in [-0.25, -0.2) is 4.79 Å². The van der Waals surface area contributed by atoms with Crippen LogP contribution in [0.3, 0.4) is 0 Å². The van der Waals surface area contributed by atoms with Crippen molar-refractivity contribution in [1.29, 1.82) is 0 Å². The number of nitrogens with one attached hydrogen (secondary N) is 1. The molecule has 1 N–H and O–H groups in total. The lowest BCUT2D eigenvalue weighted by Crippen LogP contribution is -2.32. The summed E-state index contributed by atoms with van der Waals surface area (Å²) < 4.78 is 6.87. The molecule has 0 bridgehead atoms. The number of rotatable bonds is 4. The Hall–Kier alpha value is -1.78. The second-order valence-corrected chi connectivity index (χ2v) is 4.71. The summed E-state index contributed by atoms with van der Waals surface area (Å²) in [4.78, 5) is 11.4. The fourth-order valence-corrected chi connectivity index (χ4v) is 1.22. The number of carbonyl (C=O) groups is 1. The lowest BCUT2D eigenvalue weighted by atomic mass is 10.2. The average molecular weight is 237 g/mol. The van der Waals surface area contributed by atoms with Crippen LogP contribution in [-0.2, 0) is 17.8 Å². The Bertz CT molecular complexity index is 391. The van der Waals surface area contributed by atoms with Crippen molar-refractivity contribution in [3.05, 3.63) is 30.6 Å². The van der Waals surface area contributed by atoms with Gasteiger partial charge in [0, 0.05) is 18.3 Å². The van der Waals surface area contributed by atoms with E-state index in [-0.39, 0.29) is 0 Å². The van der Waals surface area contributed by atoms with Crippen molar-refractivity contribution >= 4 is 6.09 Å². The summed E-state index contributed by atoms with van der Waals surface area (Å²) in [5, 5.41) is 6.78. The Kier molecular flexibility index (Phi) is 4.31. The standard InChI is InChI=1S/C12H19N3O2/c1-5-6-15-9-10(8-14-15)7-13-11(16)17-12(2,3)4/h5,8-9H,1,6-7H2,2-4H3,(H,13,16). The van der Waals surface area contributed by atoms with Gasteiger partial charge in [-0.05, 0) is 20.8 Å². The second kappa shape index (κ2) is 5.52. The van der Waals surface area contributed by atoms with Crippen LogP contribution in [0.2, 0.25) is 0 Å². The highest BCUT2D eigenvalue weighted by molar-refractivity contribution is 5.67. The summed E-state index contributed by atoms with van der Waals surface area (Å²) in [6, 6.07) is 0. The maximum atomic E-state index is 11.4. The minimum atomic E-state index is -0.475. The van der Waals surface area contributed by atoms with Crippen LogP contribution in [0, 0.1) is 0 Å². The number of nitrogens with zero attached hydrogens (tertiary/aromatic N) is 2. The van der Waals surface area contributed by atoms with E-state index in [1.165, 1.54) is 0 Å². The molecule has 0 fully saturated rings. The van der Waals surface area contributed by atoms with Crippen LogP contribution in [0.4, 0.5) is 4.79 Å². The van der Waals surface area contributed by atoms with Gasteiger partial charge in [0.05, 0.1) is 12.7 Å². The second-order valence-electron chi connectivity index (χ2n) is 4.71. The quantitative estimate of drug-likeness (QED) is 0.816. The minimum absolute atomic E-state index is 0.409. The van der Waals surface area contributed by atoms with Gasteiger partial charge >= 0.3 is 6.09 Å².